The number of hydrogen-bond acceptors (Lipinski definition) is 5. The molecule has 0 radical (unpaired) electrons. The maximum absolute atomic E-state index is 13.4. The Morgan fingerprint density at radius 3 is 2.65 bits per heavy atom. The van der Waals surface area contributed by atoms with E-state index in [0.29, 0.717) is 37.5 Å². The van der Waals surface area contributed by atoms with Gasteiger partial charge in [-0.1, -0.05) is 18.2 Å². The van der Waals surface area contributed by atoms with Gasteiger partial charge >= 0.3 is 0 Å². The van der Waals surface area contributed by atoms with Crippen LogP contribution in [-0.2, 0) is 16.4 Å². The minimum Gasteiger partial charge on any atom is -0.496 e. The third-order valence-corrected chi connectivity index (χ3v) is 8.06. The summed E-state index contributed by atoms with van der Waals surface area (Å²) in [6, 6.07) is 12.4. The van der Waals surface area contributed by atoms with Crippen molar-refractivity contribution in [3.05, 3.63) is 53.6 Å². The molecule has 1 unspecified atom stereocenters. The number of likely N-dealkylation sites (N-methyl/N-ethyl adjacent to an activating group) is 1. The molecular weight excluding hydrogens is 414 g/mol. The molecule has 166 valence electrons. The molecule has 2 heterocycles. The SMILES string of the molecule is COc1ccc(S(=O)(=O)N2CCc3ccccc32)cc1C(=O)N1CCCC(N(C)C)C1. The highest BCUT2D eigenvalue weighted by atomic mass is 32.2. The summed E-state index contributed by atoms with van der Waals surface area (Å²) in [7, 11) is 1.74. The Morgan fingerprint density at radius 1 is 1.13 bits per heavy atom. The zero-order valence-electron chi connectivity index (χ0n) is 18.2. The molecule has 8 heteroatoms. The lowest BCUT2D eigenvalue weighted by Crippen LogP contribution is -2.47. The van der Waals surface area contributed by atoms with Crippen molar-refractivity contribution in [1.82, 2.24) is 9.80 Å². The first-order valence-corrected chi connectivity index (χ1v) is 12.0. The van der Waals surface area contributed by atoms with E-state index >= 15 is 0 Å². The average Bonchev–Trinajstić information content (AvgIpc) is 3.23. The van der Waals surface area contributed by atoms with Gasteiger partial charge in [-0.05, 0) is 63.2 Å². The van der Waals surface area contributed by atoms with E-state index in [9.17, 15) is 13.2 Å². The minimum atomic E-state index is -3.79. The van der Waals surface area contributed by atoms with E-state index in [2.05, 4.69) is 4.90 Å². The van der Waals surface area contributed by atoms with Crippen molar-refractivity contribution < 1.29 is 17.9 Å². The smallest absolute Gasteiger partial charge is 0.264 e. The molecule has 1 fully saturated rings. The summed E-state index contributed by atoms with van der Waals surface area (Å²) in [6.07, 6.45) is 2.63. The Balaban J connectivity index is 1.67. The van der Waals surface area contributed by atoms with E-state index in [1.54, 1.807) is 11.0 Å². The van der Waals surface area contributed by atoms with E-state index < -0.39 is 10.0 Å². The molecule has 31 heavy (non-hydrogen) atoms. The van der Waals surface area contributed by atoms with Crippen LogP contribution in [0.15, 0.2) is 47.4 Å². The first-order valence-electron chi connectivity index (χ1n) is 10.6. The number of hydrogen-bond donors (Lipinski definition) is 0. The predicted molar refractivity (Wildman–Crippen MR) is 120 cm³/mol. The van der Waals surface area contributed by atoms with Crippen molar-refractivity contribution in [2.75, 3.05) is 45.1 Å². The number of rotatable bonds is 5. The molecule has 7 nitrogen and oxygen atoms in total. The van der Waals surface area contributed by atoms with Crippen LogP contribution in [0.5, 0.6) is 5.75 Å². The number of carbonyl (C=O) groups excluding carboxylic acids is 1. The fourth-order valence-corrected chi connectivity index (χ4v) is 5.96. The van der Waals surface area contributed by atoms with Crippen LogP contribution in [0.2, 0.25) is 0 Å². The zero-order valence-corrected chi connectivity index (χ0v) is 19.1. The van der Waals surface area contributed by atoms with Crippen molar-refractivity contribution in [2.45, 2.75) is 30.2 Å². The molecule has 2 aliphatic heterocycles. The van der Waals surface area contributed by atoms with Gasteiger partial charge in [0.05, 0.1) is 23.3 Å². The van der Waals surface area contributed by atoms with Crippen LogP contribution in [-0.4, -0.2) is 71.0 Å². The topological polar surface area (TPSA) is 70.2 Å². The van der Waals surface area contributed by atoms with Crippen LogP contribution >= 0.6 is 0 Å². The van der Waals surface area contributed by atoms with Gasteiger partial charge in [-0.2, -0.15) is 0 Å². The second-order valence-corrected chi connectivity index (χ2v) is 10.2. The normalized spacial score (nSPS) is 18.9. The molecular formula is C23H29N3O4S. The van der Waals surface area contributed by atoms with Crippen LogP contribution in [0.1, 0.15) is 28.8 Å². The van der Waals surface area contributed by atoms with Gasteiger partial charge in [0, 0.05) is 25.7 Å². The fourth-order valence-electron chi connectivity index (χ4n) is 4.43. The number of nitrogens with zero attached hydrogens (tertiary/aromatic N) is 3. The van der Waals surface area contributed by atoms with Crippen LogP contribution < -0.4 is 9.04 Å². The molecule has 0 aliphatic carbocycles. The van der Waals surface area contributed by atoms with E-state index in [0.717, 1.165) is 18.4 Å². The Labute approximate surface area is 184 Å². The third-order valence-electron chi connectivity index (χ3n) is 6.25. The molecule has 0 bridgehead atoms. The predicted octanol–water partition coefficient (Wildman–Crippen LogP) is 2.61. The summed E-state index contributed by atoms with van der Waals surface area (Å²) < 4.78 is 33.7. The van der Waals surface area contributed by atoms with Gasteiger partial charge in [0.15, 0.2) is 0 Å². The Bertz CT molecular complexity index is 1080. The fraction of sp³-hybridized carbons (Fsp3) is 0.435. The largest absolute Gasteiger partial charge is 0.496 e. The van der Waals surface area contributed by atoms with Gasteiger partial charge in [0.1, 0.15) is 5.75 Å². The number of carbonyl (C=O) groups is 1. The van der Waals surface area contributed by atoms with Crippen LogP contribution in [0.4, 0.5) is 5.69 Å². The first kappa shape index (κ1) is 21.6. The number of piperidine rings is 1. The number of likely N-dealkylation sites (tertiary alicyclic amines) is 1. The summed E-state index contributed by atoms with van der Waals surface area (Å²) in [5, 5.41) is 0. The van der Waals surface area contributed by atoms with E-state index in [1.807, 2.05) is 38.4 Å². The molecule has 0 aromatic heterocycles. The monoisotopic (exact) mass is 443 g/mol. The molecule has 2 aliphatic rings. The Morgan fingerprint density at radius 2 is 1.90 bits per heavy atom. The van der Waals surface area contributed by atoms with Gasteiger partial charge in [0.25, 0.3) is 15.9 Å². The van der Waals surface area contributed by atoms with Crippen molar-refractivity contribution in [3.8, 4) is 5.75 Å². The molecule has 0 N–H and O–H groups in total. The minimum absolute atomic E-state index is 0.106. The number of fused-ring (bicyclic) bond motifs is 1. The molecule has 0 saturated carbocycles. The van der Waals surface area contributed by atoms with Crippen molar-refractivity contribution in [3.63, 3.8) is 0 Å². The number of benzene rings is 2. The number of anilines is 1. The number of ether oxygens (including phenoxy) is 1. The van der Waals surface area contributed by atoms with E-state index in [4.69, 9.17) is 4.74 Å². The Kier molecular flexibility index (Phi) is 5.94. The molecule has 2 aromatic carbocycles. The van der Waals surface area contributed by atoms with Crippen molar-refractivity contribution in [2.24, 2.45) is 0 Å². The second-order valence-electron chi connectivity index (χ2n) is 8.33. The zero-order chi connectivity index (χ0) is 22.2. The lowest BCUT2D eigenvalue weighted by atomic mass is 10.0. The number of sulfonamides is 1. The highest BCUT2D eigenvalue weighted by Crippen LogP contribution is 2.34. The van der Waals surface area contributed by atoms with E-state index in [-0.39, 0.29) is 22.4 Å². The van der Waals surface area contributed by atoms with Crippen LogP contribution in [0.25, 0.3) is 0 Å². The van der Waals surface area contributed by atoms with Crippen LogP contribution in [0, 0.1) is 0 Å². The summed E-state index contributed by atoms with van der Waals surface area (Å²) in [6.45, 7) is 1.67. The summed E-state index contributed by atoms with van der Waals surface area (Å²) >= 11 is 0. The van der Waals surface area contributed by atoms with Crippen molar-refractivity contribution in [1.29, 1.82) is 0 Å². The van der Waals surface area contributed by atoms with Crippen LogP contribution in [0.3, 0.4) is 0 Å². The van der Waals surface area contributed by atoms with Crippen molar-refractivity contribution >= 4 is 21.6 Å². The summed E-state index contributed by atoms with van der Waals surface area (Å²) in [4.78, 5) is 17.4. The molecule has 0 spiro atoms. The average molecular weight is 444 g/mol. The number of amides is 1. The first-order chi connectivity index (χ1) is 14.8. The molecule has 1 atom stereocenters. The maximum Gasteiger partial charge on any atom is 0.264 e. The van der Waals surface area contributed by atoms with Gasteiger partial charge in [0.2, 0.25) is 0 Å². The van der Waals surface area contributed by atoms with E-state index in [1.165, 1.54) is 23.5 Å². The van der Waals surface area contributed by atoms with Gasteiger partial charge < -0.3 is 14.5 Å². The lowest BCUT2D eigenvalue weighted by Gasteiger charge is -2.36. The number of para-hydroxylation sites is 1. The highest BCUT2D eigenvalue weighted by Gasteiger charge is 2.33. The lowest BCUT2D eigenvalue weighted by molar-refractivity contribution is 0.0631. The quantitative estimate of drug-likeness (QED) is 0.711. The molecule has 2 aromatic rings. The molecule has 1 amide bonds. The molecule has 1 saturated heterocycles. The van der Waals surface area contributed by atoms with Gasteiger partial charge in [-0.15, -0.1) is 0 Å². The second kappa shape index (κ2) is 8.51. The summed E-state index contributed by atoms with van der Waals surface area (Å²) in [5.74, 6) is 0.194. The maximum atomic E-state index is 13.4. The third kappa shape index (κ3) is 4.02. The van der Waals surface area contributed by atoms with Gasteiger partial charge in [-0.3, -0.25) is 9.10 Å². The standard InChI is InChI=1S/C23H29N3O4S/c1-24(2)18-8-6-13-25(16-18)23(27)20-15-19(10-11-22(20)30-3)31(28,29)26-14-12-17-7-4-5-9-21(17)26/h4-5,7,9-11,15,18H,6,8,12-14,16H2,1-3H3. The molecule has 4 rings (SSSR count). The number of methoxy groups -OCH3 is 1. The summed E-state index contributed by atoms with van der Waals surface area (Å²) in [5.41, 5.74) is 2.01. The highest BCUT2D eigenvalue weighted by molar-refractivity contribution is 7.92. The Hall–Kier alpha value is -2.58. The van der Waals surface area contributed by atoms with Gasteiger partial charge in [-0.25, -0.2) is 8.42 Å².